The van der Waals surface area contributed by atoms with E-state index in [-0.39, 0.29) is 0 Å². The zero-order chi connectivity index (χ0) is 10.5. The van der Waals surface area contributed by atoms with Crippen LogP contribution in [0.4, 0.5) is 0 Å². The first-order chi connectivity index (χ1) is 7.93. The van der Waals surface area contributed by atoms with Gasteiger partial charge in [-0.25, -0.2) is 4.98 Å². The van der Waals surface area contributed by atoms with Gasteiger partial charge in [-0.05, 0) is 5.56 Å². The number of rotatable bonds is 0. The molecule has 0 saturated heterocycles. The lowest BCUT2D eigenvalue weighted by Crippen LogP contribution is -1.91. The predicted molar refractivity (Wildman–Crippen MR) is 61.2 cm³/mol. The molecule has 0 spiro atoms. The van der Waals surface area contributed by atoms with Crippen LogP contribution < -0.4 is 0 Å². The molecule has 0 bridgehead atoms. The van der Waals surface area contributed by atoms with E-state index in [0.29, 0.717) is 0 Å². The Bertz CT molecular complexity index is 697. The molecule has 2 aromatic heterocycles. The van der Waals surface area contributed by atoms with Gasteiger partial charge >= 0.3 is 0 Å². The molecule has 0 radical (unpaired) electrons. The number of imidazole rings is 1. The molecule has 16 heavy (non-hydrogen) atoms. The fourth-order valence-electron chi connectivity index (χ4n) is 2.43. The molecule has 4 rings (SSSR count). The van der Waals surface area contributed by atoms with Gasteiger partial charge in [0, 0.05) is 24.4 Å². The second-order valence-electron chi connectivity index (χ2n) is 4.05. The van der Waals surface area contributed by atoms with E-state index in [1.165, 1.54) is 16.8 Å². The Labute approximate surface area is 92.4 Å². The molecule has 0 unspecified atom stereocenters. The summed E-state index contributed by atoms with van der Waals surface area (Å²) in [6.07, 6.45) is 6.56. The molecule has 76 valence electrons. The molecule has 3 aromatic rings. The standard InChI is InChI=1S/C13H9N3/c1-2-4-10-9(3-1)7-11-13(10)15-12-8-14-5-6-16(11)12/h1-6,8H,7H2. The Morgan fingerprint density at radius 2 is 2.12 bits per heavy atom. The summed E-state index contributed by atoms with van der Waals surface area (Å²) in [5, 5.41) is 0. The first kappa shape index (κ1) is 8.05. The van der Waals surface area contributed by atoms with E-state index in [9.17, 15) is 0 Å². The van der Waals surface area contributed by atoms with E-state index in [1.807, 2.05) is 6.20 Å². The SMILES string of the molecule is c1ccc2c(c1)Cc1c-2nc2cnccn12. The lowest BCUT2D eigenvalue weighted by atomic mass is 10.1. The molecule has 3 heteroatoms. The zero-order valence-electron chi connectivity index (χ0n) is 8.59. The molecular formula is C13H9N3. The van der Waals surface area contributed by atoms with Crippen molar-refractivity contribution in [2.75, 3.05) is 0 Å². The van der Waals surface area contributed by atoms with Crippen LogP contribution in [-0.4, -0.2) is 14.4 Å². The first-order valence-corrected chi connectivity index (χ1v) is 5.33. The van der Waals surface area contributed by atoms with Gasteiger partial charge in [0.2, 0.25) is 0 Å². The first-order valence-electron chi connectivity index (χ1n) is 5.33. The van der Waals surface area contributed by atoms with Crippen LogP contribution >= 0.6 is 0 Å². The second kappa shape index (κ2) is 2.70. The summed E-state index contributed by atoms with van der Waals surface area (Å²) >= 11 is 0. The zero-order valence-corrected chi connectivity index (χ0v) is 8.59. The molecule has 0 amide bonds. The maximum atomic E-state index is 4.64. The van der Waals surface area contributed by atoms with E-state index in [0.717, 1.165) is 17.8 Å². The highest BCUT2D eigenvalue weighted by molar-refractivity contribution is 5.75. The minimum absolute atomic E-state index is 0.932. The monoisotopic (exact) mass is 207 g/mol. The van der Waals surface area contributed by atoms with Gasteiger partial charge in [0.25, 0.3) is 0 Å². The Balaban J connectivity index is 2.12. The third-order valence-corrected chi connectivity index (χ3v) is 3.16. The number of aromatic nitrogens is 3. The van der Waals surface area contributed by atoms with Crippen molar-refractivity contribution >= 4 is 5.65 Å². The second-order valence-corrected chi connectivity index (χ2v) is 4.05. The van der Waals surface area contributed by atoms with Crippen LogP contribution in [0.25, 0.3) is 16.9 Å². The largest absolute Gasteiger partial charge is 0.300 e. The fourth-order valence-corrected chi connectivity index (χ4v) is 2.43. The summed E-state index contributed by atoms with van der Waals surface area (Å²) < 4.78 is 2.13. The van der Waals surface area contributed by atoms with Crippen molar-refractivity contribution in [3.05, 3.63) is 54.1 Å². The van der Waals surface area contributed by atoms with Crippen LogP contribution in [0.5, 0.6) is 0 Å². The third-order valence-electron chi connectivity index (χ3n) is 3.16. The van der Waals surface area contributed by atoms with Crippen molar-refractivity contribution in [2.24, 2.45) is 0 Å². The fraction of sp³-hybridized carbons (Fsp3) is 0.0769. The van der Waals surface area contributed by atoms with Crippen molar-refractivity contribution in [3.63, 3.8) is 0 Å². The van der Waals surface area contributed by atoms with Gasteiger partial charge in [-0.15, -0.1) is 0 Å². The van der Waals surface area contributed by atoms with Gasteiger partial charge in [0.1, 0.15) is 0 Å². The van der Waals surface area contributed by atoms with Crippen LogP contribution in [0, 0.1) is 0 Å². The van der Waals surface area contributed by atoms with Crippen molar-refractivity contribution in [1.82, 2.24) is 14.4 Å². The third kappa shape index (κ3) is 0.877. The Morgan fingerprint density at radius 3 is 3.12 bits per heavy atom. The maximum Gasteiger partial charge on any atom is 0.156 e. The molecule has 1 aliphatic carbocycles. The Hall–Kier alpha value is -2.16. The van der Waals surface area contributed by atoms with Crippen LogP contribution in [-0.2, 0) is 6.42 Å². The van der Waals surface area contributed by atoms with Crippen molar-refractivity contribution in [3.8, 4) is 11.3 Å². The predicted octanol–water partition coefficient (Wildman–Crippen LogP) is 2.30. The normalized spacial score (nSPS) is 12.8. The van der Waals surface area contributed by atoms with Crippen LogP contribution in [0.2, 0.25) is 0 Å². The van der Waals surface area contributed by atoms with Crippen molar-refractivity contribution < 1.29 is 0 Å². The molecule has 0 saturated carbocycles. The average Bonchev–Trinajstić information content (AvgIpc) is 2.85. The number of benzene rings is 1. The summed E-state index contributed by atoms with van der Waals surface area (Å²) in [6.45, 7) is 0. The quantitative estimate of drug-likeness (QED) is 0.443. The molecule has 0 fully saturated rings. The van der Waals surface area contributed by atoms with Crippen molar-refractivity contribution in [2.45, 2.75) is 6.42 Å². The number of hydrogen-bond acceptors (Lipinski definition) is 2. The lowest BCUT2D eigenvalue weighted by molar-refractivity contribution is 1.03. The molecule has 0 N–H and O–H groups in total. The van der Waals surface area contributed by atoms with E-state index >= 15 is 0 Å². The molecule has 1 aromatic carbocycles. The minimum Gasteiger partial charge on any atom is -0.300 e. The van der Waals surface area contributed by atoms with Gasteiger partial charge in [-0.3, -0.25) is 4.98 Å². The van der Waals surface area contributed by atoms with E-state index in [4.69, 9.17) is 0 Å². The number of nitrogens with zero attached hydrogens (tertiary/aromatic N) is 3. The van der Waals surface area contributed by atoms with E-state index < -0.39 is 0 Å². The highest BCUT2D eigenvalue weighted by Crippen LogP contribution is 2.35. The van der Waals surface area contributed by atoms with Crippen molar-refractivity contribution in [1.29, 1.82) is 0 Å². The molecular weight excluding hydrogens is 198 g/mol. The van der Waals surface area contributed by atoms with Gasteiger partial charge in [0.05, 0.1) is 17.6 Å². The van der Waals surface area contributed by atoms with Gasteiger partial charge in [-0.1, -0.05) is 24.3 Å². The van der Waals surface area contributed by atoms with Gasteiger partial charge < -0.3 is 4.40 Å². The summed E-state index contributed by atoms with van der Waals surface area (Å²) in [5.74, 6) is 0. The van der Waals surface area contributed by atoms with Gasteiger partial charge in [-0.2, -0.15) is 0 Å². The highest BCUT2D eigenvalue weighted by atomic mass is 15.0. The molecule has 1 aliphatic rings. The molecule has 0 aliphatic heterocycles. The minimum atomic E-state index is 0.932. The molecule has 2 heterocycles. The van der Waals surface area contributed by atoms with E-state index in [1.54, 1.807) is 12.4 Å². The van der Waals surface area contributed by atoms with E-state index in [2.05, 4.69) is 38.6 Å². The summed E-state index contributed by atoms with van der Waals surface area (Å²) in [6, 6.07) is 8.46. The lowest BCUT2D eigenvalue weighted by Gasteiger charge is -1.97. The Kier molecular flexibility index (Phi) is 1.36. The van der Waals surface area contributed by atoms with Gasteiger partial charge in [0.15, 0.2) is 5.65 Å². The summed E-state index contributed by atoms with van der Waals surface area (Å²) in [4.78, 5) is 8.73. The van der Waals surface area contributed by atoms with Crippen LogP contribution in [0.3, 0.4) is 0 Å². The molecule has 3 nitrogen and oxygen atoms in total. The number of hydrogen-bond donors (Lipinski definition) is 0. The van der Waals surface area contributed by atoms with Crippen LogP contribution in [0.15, 0.2) is 42.9 Å². The average molecular weight is 207 g/mol. The smallest absolute Gasteiger partial charge is 0.156 e. The topological polar surface area (TPSA) is 30.2 Å². The molecule has 0 atom stereocenters. The summed E-state index contributed by atoms with van der Waals surface area (Å²) in [7, 11) is 0. The van der Waals surface area contributed by atoms with Crippen LogP contribution in [0.1, 0.15) is 11.3 Å². The highest BCUT2D eigenvalue weighted by Gasteiger charge is 2.23. The Morgan fingerprint density at radius 1 is 1.19 bits per heavy atom. The maximum absolute atomic E-state index is 4.64. The number of fused-ring (bicyclic) bond motifs is 5. The summed E-state index contributed by atoms with van der Waals surface area (Å²) in [5.41, 5.74) is 5.96.